The van der Waals surface area contributed by atoms with Crippen molar-refractivity contribution in [2.45, 2.75) is 25.9 Å². The Morgan fingerprint density at radius 2 is 2.08 bits per heavy atom. The second kappa shape index (κ2) is 3.30. The number of fused-ring (bicyclic) bond motifs is 1. The molecule has 2 N–H and O–H groups in total. The molecule has 68 valence electrons. The molecular formula is C11H14N2. The van der Waals surface area contributed by atoms with E-state index >= 15 is 0 Å². The summed E-state index contributed by atoms with van der Waals surface area (Å²) in [7, 11) is 0. The first kappa shape index (κ1) is 8.45. The van der Waals surface area contributed by atoms with Crippen LogP contribution in [0.25, 0.3) is 0 Å². The van der Waals surface area contributed by atoms with Gasteiger partial charge in [0.2, 0.25) is 0 Å². The third kappa shape index (κ3) is 1.63. The first-order valence-electron chi connectivity index (χ1n) is 4.62. The standard InChI is InChI=1S/C11H14N2/c1-8(12)11-6-9-4-2-3-5-10(9)7-13-11/h2-5,11-13H,6-7H2,1H3/t11-/m0/s1. The highest BCUT2D eigenvalue weighted by molar-refractivity contribution is 5.84. The average Bonchev–Trinajstić information content (AvgIpc) is 2.17. The third-order valence-corrected chi connectivity index (χ3v) is 2.60. The molecule has 0 saturated heterocycles. The van der Waals surface area contributed by atoms with Gasteiger partial charge in [0, 0.05) is 18.3 Å². The maximum Gasteiger partial charge on any atom is 0.0488 e. The highest BCUT2D eigenvalue weighted by atomic mass is 14.9. The Morgan fingerprint density at radius 1 is 1.38 bits per heavy atom. The van der Waals surface area contributed by atoms with Crippen LogP contribution in [-0.4, -0.2) is 11.8 Å². The molecule has 2 rings (SSSR count). The Kier molecular flexibility index (Phi) is 2.15. The molecule has 0 unspecified atom stereocenters. The number of hydrogen-bond acceptors (Lipinski definition) is 2. The molecule has 0 aliphatic carbocycles. The van der Waals surface area contributed by atoms with Crippen molar-refractivity contribution >= 4 is 5.71 Å². The fourth-order valence-electron chi connectivity index (χ4n) is 1.76. The van der Waals surface area contributed by atoms with Crippen LogP contribution in [-0.2, 0) is 13.0 Å². The predicted molar refractivity (Wildman–Crippen MR) is 54.2 cm³/mol. The van der Waals surface area contributed by atoms with E-state index in [4.69, 9.17) is 5.41 Å². The van der Waals surface area contributed by atoms with Gasteiger partial charge in [-0.1, -0.05) is 24.3 Å². The van der Waals surface area contributed by atoms with Gasteiger partial charge in [-0.2, -0.15) is 0 Å². The Hall–Kier alpha value is -1.15. The van der Waals surface area contributed by atoms with Gasteiger partial charge in [-0.3, -0.25) is 0 Å². The summed E-state index contributed by atoms with van der Waals surface area (Å²) < 4.78 is 0. The van der Waals surface area contributed by atoms with Crippen molar-refractivity contribution in [1.82, 2.24) is 5.32 Å². The summed E-state index contributed by atoms with van der Waals surface area (Å²) in [5.74, 6) is 0. The molecule has 0 aromatic heterocycles. The molecule has 1 aromatic carbocycles. The largest absolute Gasteiger partial charge is 0.308 e. The van der Waals surface area contributed by atoms with E-state index in [2.05, 4.69) is 29.6 Å². The lowest BCUT2D eigenvalue weighted by Crippen LogP contribution is -2.40. The summed E-state index contributed by atoms with van der Waals surface area (Å²) in [4.78, 5) is 0. The molecule has 2 heteroatoms. The van der Waals surface area contributed by atoms with Crippen LogP contribution < -0.4 is 5.32 Å². The van der Waals surface area contributed by atoms with Crippen LogP contribution in [0.1, 0.15) is 18.1 Å². The molecule has 1 aliphatic rings. The lowest BCUT2D eigenvalue weighted by Gasteiger charge is -2.25. The summed E-state index contributed by atoms with van der Waals surface area (Å²) in [6.45, 7) is 2.77. The van der Waals surface area contributed by atoms with Crippen LogP contribution in [0.5, 0.6) is 0 Å². The second-order valence-corrected chi connectivity index (χ2v) is 3.59. The van der Waals surface area contributed by atoms with Crippen molar-refractivity contribution < 1.29 is 0 Å². The molecule has 1 aromatic rings. The van der Waals surface area contributed by atoms with E-state index < -0.39 is 0 Å². The summed E-state index contributed by atoms with van der Waals surface area (Å²) in [5.41, 5.74) is 3.49. The van der Waals surface area contributed by atoms with Crippen molar-refractivity contribution in [3.05, 3.63) is 35.4 Å². The fraction of sp³-hybridized carbons (Fsp3) is 0.364. The third-order valence-electron chi connectivity index (χ3n) is 2.60. The van der Waals surface area contributed by atoms with E-state index in [-0.39, 0.29) is 6.04 Å². The Bertz CT molecular complexity index is 331. The summed E-state index contributed by atoms with van der Waals surface area (Å²) in [5, 5.41) is 10.9. The maximum atomic E-state index is 7.57. The molecule has 0 saturated carbocycles. The summed E-state index contributed by atoms with van der Waals surface area (Å²) in [6, 6.07) is 8.69. The lowest BCUT2D eigenvalue weighted by molar-refractivity contribution is 0.573. The van der Waals surface area contributed by atoms with E-state index in [9.17, 15) is 0 Å². The van der Waals surface area contributed by atoms with E-state index in [0.717, 1.165) is 18.7 Å². The molecule has 13 heavy (non-hydrogen) atoms. The predicted octanol–water partition coefficient (Wildman–Crippen LogP) is 1.74. The highest BCUT2D eigenvalue weighted by Crippen LogP contribution is 2.16. The van der Waals surface area contributed by atoms with Gasteiger partial charge in [-0.25, -0.2) is 0 Å². The van der Waals surface area contributed by atoms with Crippen molar-refractivity contribution in [1.29, 1.82) is 5.41 Å². The zero-order chi connectivity index (χ0) is 9.26. The molecule has 1 atom stereocenters. The van der Waals surface area contributed by atoms with E-state index in [1.807, 2.05) is 6.92 Å². The molecule has 0 spiro atoms. The van der Waals surface area contributed by atoms with Crippen LogP contribution >= 0.6 is 0 Å². The van der Waals surface area contributed by atoms with Gasteiger partial charge in [0.05, 0.1) is 0 Å². The Balaban J connectivity index is 2.24. The van der Waals surface area contributed by atoms with E-state index in [0.29, 0.717) is 0 Å². The zero-order valence-electron chi connectivity index (χ0n) is 7.80. The minimum absolute atomic E-state index is 0.245. The normalized spacial score (nSPS) is 20.8. The molecule has 0 bridgehead atoms. The molecule has 1 aliphatic heterocycles. The van der Waals surface area contributed by atoms with Gasteiger partial charge in [0.1, 0.15) is 0 Å². The zero-order valence-corrected chi connectivity index (χ0v) is 7.80. The van der Waals surface area contributed by atoms with E-state index in [1.165, 1.54) is 11.1 Å². The van der Waals surface area contributed by atoms with Gasteiger partial charge in [-0.15, -0.1) is 0 Å². The van der Waals surface area contributed by atoms with Crippen LogP contribution in [0, 0.1) is 5.41 Å². The van der Waals surface area contributed by atoms with Gasteiger partial charge < -0.3 is 10.7 Å². The van der Waals surface area contributed by atoms with Crippen molar-refractivity contribution in [2.75, 3.05) is 0 Å². The van der Waals surface area contributed by atoms with Crippen molar-refractivity contribution in [3.63, 3.8) is 0 Å². The van der Waals surface area contributed by atoms with Gasteiger partial charge in [0.25, 0.3) is 0 Å². The summed E-state index contributed by atoms with van der Waals surface area (Å²) >= 11 is 0. The molecule has 2 nitrogen and oxygen atoms in total. The number of hydrogen-bond donors (Lipinski definition) is 2. The van der Waals surface area contributed by atoms with Crippen molar-refractivity contribution in [2.24, 2.45) is 0 Å². The minimum Gasteiger partial charge on any atom is -0.308 e. The first-order valence-corrected chi connectivity index (χ1v) is 4.62. The Labute approximate surface area is 78.5 Å². The smallest absolute Gasteiger partial charge is 0.0488 e. The molecule has 0 radical (unpaired) electrons. The number of nitrogens with one attached hydrogen (secondary N) is 2. The van der Waals surface area contributed by atoms with Crippen molar-refractivity contribution in [3.8, 4) is 0 Å². The van der Waals surface area contributed by atoms with Crippen LogP contribution in [0.2, 0.25) is 0 Å². The number of benzene rings is 1. The van der Waals surface area contributed by atoms with Gasteiger partial charge >= 0.3 is 0 Å². The average molecular weight is 174 g/mol. The summed E-state index contributed by atoms with van der Waals surface area (Å²) in [6.07, 6.45) is 0.964. The highest BCUT2D eigenvalue weighted by Gasteiger charge is 2.18. The van der Waals surface area contributed by atoms with Gasteiger partial charge in [-0.05, 0) is 24.5 Å². The maximum absolute atomic E-state index is 7.57. The topological polar surface area (TPSA) is 35.9 Å². The fourth-order valence-corrected chi connectivity index (χ4v) is 1.76. The lowest BCUT2D eigenvalue weighted by atomic mass is 9.94. The van der Waals surface area contributed by atoms with Crippen LogP contribution in [0.3, 0.4) is 0 Å². The van der Waals surface area contributed by atoms with Crippen LogP contribution in [0.15, 0.2) is 24.3 Å². The number of rotatable bonds is 1. The van der Waals surface area contributed by atoms with Gasteiger partial charge in [0.15, 0.2) is 0 Å². The second-order valence-electron chi connectivity index (χ2n) is 3.59. The van der Waals surface area contributed by atoms with E-state index in [1.54, 1.807) is 0 Å². The SMILES string of the molecule is CC(=N)[C@@H]1Cc2ccccc2CN1. The van der Waals surface area contributed by atoms with Crippen LogP contribution in [0.4, 0.5) is 0 Å². The molecule has 1 heterocycles. The first-order chi connectivity index (χ1) is 6.27. The molecule has 0 fully saturated rings. The molecular weight excluding hydrogens is 160 g/mol. The monoisotopic (exact) mass is 174 g/mol. The minimum atomic E-state index is 0.245. The quantitative estimate of drug-likeness (QED) is 0.625. The molecule has 0 amide bonds. The Morgan fingerprint density at radius 3 is 2.77 bits per heavy atom.